The number of piperazine rings is 4. The maximum absolute atomic E-state index is 13.3. The molecule has 12 saturated heterocycles. The van der Waals surface area contributed by atoms with E-state index in [4.69, 9.17) is 37.9 Å². The van der Waals surface area contributed by atoms with E-state index in [1.54, 1.807) is 0 Å². The van der Waals surface area contributed by atoms with Crippen LogP contribution in [0.25, 0.3) is 0 Å². The van der Waals surface area contributed by atoms with E-state index in [1.807, 2.05) is 26.5 Å². The average Bonchev–Trinajstić information content (AvgIpc) is 1.63. The molecule has 24 heteroatoms. The summed E-state index contributed by atoms with van der Waals surface area (Å²) in [6.07, 6.45) is 54.5. The van der Waals surface area contributed by atoms with Gasteiger partial charge in [0.1, 0.15) is 0 Å². The third-order valence-corrected chi connectivity index (χ3v) is 27.9. The van der Waals surface area contributed by atoms with E-state index in [-0.39, 0.29) is 120 Å². The minimum absolute atomic E-state index is 0.0822. The molecule has 0 aromatic rings. The summed E-state index contributed by atoms with van der Waals surface area (Å²) in [4.78, 5) is 120. The van der Waals surface area contributed by atoms with Gasteiger partial charge in [0.15, 0.2) is 0 Å². The Kier molecular flexibility index (Phi) is 45.0. The van der Waals surface area contributed by atoms with Crippen LogP contribution in [0.15, 0.2) is 24.3 Å². The van der Waals surface area contributed by atoms with Gasteiger partial charge < -0.3 is 77.1 Å². The van der Waals surface area contributed by atoms with Gasteiger partial charge in [-0.1, -0.05) is 200 Å². The smallest absolute Gasteiger partial charge is 0.312 e. The molecule has 8 bridgehead atoms. The number of rotatable bonds is 46. The van der Waals surface area contributed by atoms with Crippen LogP contribution in [0.3, 0.4) is 0 Å². The summed E-state index contributed by atoms with van der Waals surface area (Å²) in [5.41, 5.74) is 0. The van der Waals surface area contributed by atoms with E-state index in [0.29, 0.717) is 26.4 Å². The van der Waals surface area contributed by atoms with Crippen LogP contribution in [-0.2, 0) is 76.3 Å². The first-order valence-electron chi connectivity index (χ1n) is 48.9. The minimum atomic E-state index is -0.421. The first-order chi connectivity index (χ1) is 58.5. The van der Waals surface area contributed by atoms with Crippen molar-refractivity contribution in [2.24, 2.45) is 47.3 Å². The average molecular weight is 1690 g/mol. The fourth-order valence-corrected chi connectivity index (χ4v) is 20.3. The molecule has 12 rings (SSSR count). The molecule has 16 unspecified atom stereocenters. The number of allylic oxidation sites excluding steroid dienone is 4. The van der Waals surface area contributed by atoms with Crippen LogP contribution in [0, 0.1) is 47.3 Å². The van der Waals surface area contributed by atoms with E-state index in [0.717, 1.165) is 214 Å². The summed E-state index contributed by atoms with van der Waals surface area (Å²) < 4.78 is 46.0. The Bertz CT molecular complexity index is 3060. The van der Waals surface area contributed by atoms with Crippen molar-refractivity contribution in [3.05, 3.63) is 24.3 Å². The van der Waals surface area contributed by atoms with Crippen LogP contribution in [0.1, 0.15) is 285 Å². The lowest BCUT2D eigenvalue weighted by atomic mass is 9.78. The summed E-state index contributed by atoms with van der Waals surface area (Å²) in [6.45, 7) is 23.5. The quantitative estimate of drug-likeness (QED) is 0.0238. The van der Waals surface area contributed by atoms with Crippen LogP contribution in [-0.4, -0.2) is 295 Å². The van der Waals surface area contributed by atoms with E-state index >= 15 is 0 Å². The van der Waals surface area contributed by atoms with Crippen molar-refractivity contribution >= 4 is 47.5 Å². The third-order valence-electron chi connectivity index (χ3n) is 27.9. The topological polar surface area (TPSA) is 236 Å². The fourth-order valence-electron chi connectivity index (χ4n) is 20.3. The number of nitrogens with zero attached hydrogens (tertiary/aromatic N) is 8. The molecule has 0 aliphatic carbocycles. The number of amides is 4. The first kappa shape index (κ1) is 98.7. The standard InChI is InChI=1S/C31H52N2O4.C30H54N2O4.C19H32N2O4.C16H26N2O4/c1-3-4-5-6-7-8-9-10-11-12-13-14-15-16-17-18-25-36-31(35)29-27-20-19-26(37-27)28(29)30(34)33-23-21-32(2)22-24-33;1-3-4-5-6-7-8-9-10-11-12-13-14-15-16-17-24-35-30(34)28-26-19-18-25(36-26)27(28)29(33)32-22-20-31(2)21-23-32;1-3-4-5-6-13-24-19(23)17-15-8-7-14(25-15)16(17)18(22)21-11-9-20(2)10-12-21;1-3-10-21-16(20)14-12-5-4-11(22-12)13(14)15(19)18-8-6-17(2)7-9-18/h7-8,10-11,26-29H,3-6,9,12-25H2,1-2H3;25-28H,3-24H2,1-2H3;14-17H,3-13H2,1-2H3;11-14H,3-10H2,1-2H3/b8-7+,11-10+;;;. The van der Waals surface area contributed by atoms with Gasteiger partial charge in [-0.05, 0) is 137 Å². The predicted octanol–water partition coefficient (Wildman–Crippen LogP) is 14.1. The highest BCUT2D eigenvalue weighted by Gasteiger charge is 2.61. The molecule has 24 nitrogen and oxygen atoms in total. The molecule has 0 aromatic carbocycles. The van der Waals surface area contributed by atoms with Gasteiger partial charge in [0, 0.05) is 105 Å². The molecule has 0 spiro atoms. The Hall–Kier alpha value is -5.08. The molecule has 0 radical (unpaired) electrons. The molecule has 0 aromatic heterocycles. The lowest BCUT2D eigenvalue weighted by Crippen LogP contribution is -2.52. The molecule has 0 N–H and O–H groups in total. The normalized spacial score (nSPS) is 28.9. The molecule has 12 fully saturated rings. The number of esters is 4. The fraction of sp³-hybridized carbons (Fsp3) is 0.875. The zero-order valence-corrected chi connectivity index (χ0v) is 76.1. The summed E-state index contributed by atoms with van der Waals surface area (Å²) in [5, 5.41) is 0. The van der Waals surface area contributed by atoms with E-state index < -0.39 is 23.7 Å². The van der Waals surface area contributed by atoms with Crippen LogP contribution in [0.2, 0.25) is 0 Å². The molecule has 684 valence electrons. The lowest BCUT2D eigenvalue weighted by molar-refractivity contribution is -0.156. The molecule has 12 aliphatic heterocycles. The van der Waals surface area contributed by atoms with E-state index in [2.05, 4.69) is 92.9 Å². The molecule has 12 aliphatic rings. The molecular formula is C96H164N8O16. The van der Waals surface area contributed by atoms with Gasteiger partial charge >= 0.3 is 23.9 Å². The molecule has 0 saturated carbocycles. The van der Waals surface area contributed by atoms with Crippen LogP contribution in [0.4, 0.5) is 0 Å². The van der Waals surface area contributed by atoms with Crippen molar-refractivity contribution in [2.45, 2.75) is 333 Å². The van der Waals surface area contributed by atoms with Gasteiger partial charge in [-0.2, -0.15) is 0 Å². The second kappa shape index (κ2) is 54.7. The SMILES string of the molecule is CCCCC/C=C/C/C=C/CCCCCCCCOC(=O)C1C2CCC(O2)C1C(=O)N1CCN(C)CC1.CCCCCCCCCCCCCCCCCOC(=O)C1C2CCC(O2)C1C(=O)N1CCN(C)CC1.CCCCCCOC(=O)C1C2CCC(O2)C1C(=O)N1CCN(C)CC1.CCCOC(=O)C1C2CCC(O2)C1C(=O)N1CCN(C)CC1. The highest BCUT2D eigenvalue weighted by Crippen LogP contribution is 2.49. The second-order valence-corrected chi connectivity index (χ2v) is 37.1. The predicted molar refractivity (Wildman–Crippen MR) is 468 cm³/mol. The Morgan fingerprint density at radius 3 is 0.692 bits per heavy atom. The van der Waals surface area contributed by atoms with Gasteiger partial charge in [-0.25, -0.2) is 0 Å². The number of fused-ring (bicyclic) bond motifs is 8. The number of ether oxygens (including phenoxy) is 8. The van der Waals surface area contributed by atoms with E-state index in [9.17, 15) is 38.4 Å². The summed E-state index contributed by atoms with van der Waals surface area (Å²) >= 11 is 0. The van der Waals surface area contributed by atoms with Crippen molar-refractivity contribution in [1.29, 1.82) is 0 Å². The van der Waals surface area contributed by atoms with Gasteiger partial charge in [0.2, 0.25) is 23.6 Å². The zero-order chi connectivity index (χ0) is 85.4. The molecule has 4 amide bonds. The first-order valence-corrected chi connectivity index (χ1v) is 48.9. The third kappa shape index (κ3) is 30.6. The van der Waals surface area contributed by atoms with Crippen molar-refractivity contribution < 1.29 is 76.3 Å². The van der Waals surface area contributed by atoms with Crippen LogP contribution >= 0.6 is 0 Å². The summed E-state index contributed by atoms with van der Waals surface area (Å²) in [5.74, 6) is -3.56. The second-order valence-electron chi connectivity index (χ2n) is 37.1. The largest absolute Gasteiger partial charge is 0.465 e. The van der Waals surface area contributed by atoms with Crippen molar-refractivity contribution in [2.75, 3.05) is 159 Å². The molecule has 16 atom stereocenters. The Morgan fingerprint density at radius 2 is 0.442 bits per heavy atom. The van der Waals surface area contributed by atoms with Gasteiger partial charge in [-0.3, -0.25) is 38.4 Å². The minimum Gasteiger partial charge on any atom is -0.465 e. The number of likely N-dealkylation sites (N-methyl/N-ethyl adjacent to an activating group) is 4. The highest BCUT2D eigenvalue weighted by molar-refractivity contribution is 5.90. The maximum Gasteiger partial charge on any atom is 0.312 e. The molecule has 120 heavy (non-hydrogen) atoms. The Balaban J connectivity index is 0.000000186. The van der Waals surface area contributed by atoms with Gasteiger partial charge in [0.05, 0.1) is 123 Å². The van der Waals surface area contributed by atoms with Crippen molar-refractivity contribution in [1.82, 2.24) is 39.2 Å². The van der Waals surface area contributed by atoms with Crippen LogP contribution < -0.4 is 0 Å². The number of carbonyl (C=O) groups is 8. The summed E-state index contributed by atoms with van der Waals surface area (Å²) in [6, 6.07) is 0. The van der Waals surface area contributed by atoms with Gasteiger partial charge in [0.25, 0.3) is 0 Å². The highest BCUT2D eigenvalue weighted by atomic mass is 16.6. The summed E-state index contributed by atoms with van der Waals surface area (Å²) in [7, 11) is 8.30. The van der Waals surface area contributed by atoms with Gasteiger partial charge in [-0.15, -0.1) is 0 Å². The molecule has 12 heterocycles. The Morgan fingerprint density at radius 1 is 0.242 bits per heavy atom. The van der Waals surface area contributed by atoms with Crippen LogP contribution in [0.5, 0.6) is 0 Å². The number of hydrogen-bond acceptors (Lipinski definition) is 20. The maximum atomic E-state index is 13.3. The zero-order valence-electron chi connectivity index (χ0n) is 76.1. The lowest BCUT2D eigenvalue weighted by Gasteiger charge is -2.36. The van der Waals surface area contributed by atoms with Crippen molar-refractivity contribution in [3.8, 4) is 0 Å². The number of unbranched alkanes of at least 4 members (excludes halogenated alkanes) is 26. The Labute approximate surface area is 723 Å². The van der Waals surface area contributed by atoms with Crippen molar-refractivity contribution in [3.63, 3.8) is 0 Å². The number of carbonyl (C=O) groups excluding carboxylic acids is 8. The van der Waals surface area contributed by atoms with E-state index in [1.165, 1.54) is 148 Å². The number of hydrogen-bond donors (Lipinski definition) is 0. The molecular weight excluding hydrogens is 1520 g/mol. The monoisotopic (exact) mass is 1690 g/mol.